The molecule has 0 saturated heterocycles. The highest BCUT2D eigenvalue weighted by molar-refractivity contribution is 9.10. The molecule has 0 aromatic heterocycles. The summed E-state index contributed by atoms with van der Waals surface area (Å²) in [7, 11) is 0. The van der Waals surface area contributed by atoms with Gasteiger partial charge in [-0.2, -0.15) is 0 Å². The Hall–Kier alpha value is -1.36. The number of carbonyl (C=O) groups is 2. The molecule has 4 nitrogen and oxygen atoms in total. The van der Waals surface area contributed by atoms with Gasteiger partial charge in [0.15, 0.2) is 0 Å². The van der Waals surface area contributed by atoms with Crippen LogP contribution in [-0.2, 0) is 22.6 Å². The van der Waals surface area contributed by atoms with E-state index in [1.165, 1.54) is 11.8 Å². The van der Waals surface area contributed by atoms with Crippen LogP contribution in [0.1, 0.15) is 18.1 Å². The maximum Gasteiger partial charge on any atom is 0.326 e. The minimum absolute atomic E-state index is 0.209. The largest absolute Gasteiger partial charge is 0.480 e. The number of aliphatic carboxylic acids is 1. The van der Waals surface area contributed by atoms with Crippen molar-refractivity contribution in [3.63, 3.8) is 0 Å². The highest BCUT2D eigenvalue weighted by Crippen LogP contribution is 2.29. The average molecular weight is 298 g/mol. The van der Waals surface area contributed by atoms with Gasteiger partial charge in [0.1, 0.15) is 6.04 Å². The number of benzene rings is 1. The van der Waals surface area contributed by atoms with E-state index in [4.69, 9.17) is 5.11 Å². The predicted molar refractivity (Wildman–Crippen MR) is 65.5 cm³/mol. The Morgan fingerprint density at radius 3 is 2.76 bits per heavy atom. The Bertz CT molecular complexity index is 487. The lowest BCUT2D eigenvalue weighted by molar-refractivity contribution is -0.150. The number of halogens is 1. The van der Waals surface area contributed by atoms with Crippen LogP contribution in [0.4, 0.5) is 0 Å². The van der Waals surface area contributed by atoms with Gasteiger partial charge in [-0.3, -0.25) is 4.79 Å². The van der Waals surface area contributed by atoms with Gasteiger partial charge in [0.05, 0.1) is 0 Å². The minimum atomic E-state index is -0.953. The van der Waals surface area contributed by atoms with Crippen molar-refractivity contribution in [2.24, 2.45) is 0 Å². The fraction of sp³-hybridized carbons (Fsp3) is 0.333. The zero-order valence-corrected chi connectivity index (χ0v) is 10.9. The lowest BCUT2D eigenvalue weighted by atomic mass is 9.94. The van der Waals surface area contributed by atoms with Crippen LogP contribution >= 0.6 is 15.9 Å². The number of amides is 1. The molecule has 1 aromatic carbocycles. The molecule has 17 heavy (non-hydrogen) atoms. The maximum absolute atomic E-state index is 11.5. The van der Waals surface area contributed by atoms with Gasteiger partial charge in [0.2, 0.25) is 5.91 Å². The molecule has 1 aliphatic heterocycles. The van der Waals surface area contributed by atoms with Crippen LogP contribution in [-0.4, -0.2) is 27.9 Å². The van der Waals surface area contributed by atoms with Crippen LogP contribution in [0.3, 0.4) is 0 Å². The molecule has 0 bridgehead atoms. The van der Waals surface area contributed by atoms with Crippen molar-refractivity contribution < 1.29 is 14.7 Å². The highest BCUT2D eigenvalue weighted by atomic mass is 79.9. The van der Waals surface area contributed by atoms with Gasteiger partial charge in [0.25, 0.3) is 0 Å². The monoisotopic (exact) mass is 297 g/mol. The number of carboxylic acids is 1. The molecular formula is C12H12BrNO3. The molecule has 1 aromatic rings. The first kappa shape index (κ1) is 12.1. The fourth-order valence-electron chi connectivity index (χ4n) is 2.12. The lowest BCUT2D eigenvalue weighted by Gasteiger charge is -2.34. The Labute approximate surface area is 107 Å². The van der Waals surface area contributed by atoms with Crippen molar-refractivity contribution in [2.75, 3.05) is 0 Å². The molecule has 2 rings (SSSR count). The van der Waals surface area contributed by atoms with Gasteiger partial charge in [0, 0.05) is 24.4 Å². The number of hydrogen-bond donors (Lipinski definition) is 1. The Morgan fingerprint density at radius 2 is 2.18 bits per heavy atom. The van der Waals surface area contributed by atoms with E-state index < -0.39 is 12.0 Å². The third kappa shape index (κ3) is 2.20. The maximum atomic E-state index is 11.5. The molecule has 1 N–H and O–H groups in total. The number of nitrogens with zero attached hydrogens (tertiary/aromatic N) is 1. The molecule has 0 spiro atoms. The van der Waals surface area contributed by atoms with Crippen LogP contribution < -0.4 is 0 Å². The molecule has 0 radical (unpaired) electrons. The van der Waals surface area contributed by atoms with Crippen molar-refractivity contribution in [1.29, 1.82) is 0 Å². The molecule has 0 fully saturated rings. The standard InChI is InChI=1S/C12H12BrNO3/c1-7(15)14-6-9-8(3-2-4-10(9)13)5-11(14)12(16)17/h2-4,11H,5-6H2,1H3,(H,16,17). The number of rotatable bonds is 1. The van der Waals surface area contributed by atoms with E-state index in [-0.39, 0.29) is 5.91 Å². The van der Waals surface area contributed by atoms with Crippen molar-refractivity contribution in [1.82, 2.24) is 4.90 Å². The van der Waals surface area contributed by atoms with Gasteiger partial charge >= 0.3 is 5.97 Å². The van der Waals surface area contributed by atoms with E-state index in [2.05, 4.69) is 15.9 Å². The molecule has 0 aliphatic carbocycles. The summed E-state index contributed by atoms with van der Waals surface area (Å²) in [6.45, 7) is 1.75. The Kier molecular flexibility index (Phi) is 3.19. The molecule has 0 saturated carbocycles. The van der Waals surface area contributed by atoms with Crippen molar-refractivity contribution >= 4 is 27.8 Å². The van der Waals surface area contributed by atoms with Crippen molar-refractivity contribution in [3.05, 3.63) is 33.8 Å². The molecule has 1 unspecified atom stereocenters. The molecule has 1 amide bonds. The second kappa shape index (κ2) is 4.49. The molecule has 1 atom stereocenters. The summed E-state index contributed by atoms with van der Waals surface area (Å²) in [5, 5.41) is 9.15. The first-order chi connectivity index (χ1) is 8.00. The zero-order valence-electron chi connectivity index (χ0n) is 9.31. The summed E-state index contributed by atoms with van der Waals surface area (Å²) >= 11 is 3.43. The van der Waals surface area contributed by atoms with Crippen LogP contribution in [0.5, 0.6) is 0 Å². The number of carbonyl (C=O) groups excluding carboxylic acids is 1. The topological polar surface area (TPSA) is 57.6 Å². The molecular weight excluding hydrogens is 286 g/mol. The number of fused-ring (bicyclic) bond motifs is 1. The van der Waals surface area contributed by atoms with Gasteiger partial charge in [-0.1, -0.05) is 28.1 Å². The van der Waals surface area contributed by atoms with E-state index in [1.807, 2.05) is 18.2 Å². The molecule has 1 aliphatic rings. The minimum Gasteiger partial charge on any atom is -0.480 e. The van der Waals surface area contributed by atoms with Crippen LogP contribution in [0.25, 0.3) is 0 Å². The van der Waals surface area contributed by atoms with Gasteiger partial charge in [-0.05, 0) is 17.2 Å². The Morgan fingerprint density at radius 1 is 1.47 bits per heavy atom. The van der Waals surface area contributed by atoms with Crippen LogP contribution in [0.2, 0.25) is 0 Å². The average Bonchev–Trinajstić information content (AvgIpc) is 2.27. The molecule has 5 heteroatoms. The normalized spacial score (nSPS) is 18.7. The van der Waals surface area contributed by atoms with E-state index in [9.17, 15) is 9.59 Å². The second-order valence-electron chi connectivity index (χ2n) is 4.08. The molecule has 1 heterocycles. The van der Waals surface area contributed by atoms with E-state index >= 15 is 0 Å². The van der Waals surface area contributed by atoms with Crippen molar-refractivity contribution in [3.8, 4) is 0 Å². The second-order valence-corrected chi connectivity index (χ2v) is 4.94. The summed E-state index contributed by atoms with van der Waals surface area (Å²) in [5.41, 5.74) is 1.99. The lowest BCUT2D eigenvalue weighted by Crippen LogP contribution is -2.47. The third-order valence-electron chi connectivity index (χ3n) is 3.02. The summed E-state index contributed by atoms with van der Waals surface area (Å²) < 4.78 is 0.921. The summed E-state index contributed by atoms with van der Waals surface area (Å²) in [4.78, 5) is 24.0. The van der Waals surface area contributed by atoms with E-state index in [0.29, 0.717) is 13.0 Å². The fourth-order valence-corrected chi connectivity index (χ4v) is 2.65. The summed E-state index contributed by atoms with van der Waals surface area (Å²) in [5.74, 6) is -1.16. The van der Waals surface area contributed by atoms with Gasteiger partial charge in [-0.15, -0.1) is 0 Å². The zero-order chi connectivity index (χ0) is 12.6. The summed E-state index contributed by atoms with van der Waals surface area (Å²) in [6, 6.07) is 4.94. The van der Waals surface area contributed by atoms with Gasteiger partial charge in [-0.25, -0.2) is 4.79 Å². The summed E-state index contributed by atoms with van der Waals surface area (Å²) in [6.07, 6.45) is 0.365. The third-order valence-corrected chi connectivity index (χ3v) is 3.77. The van der Waals surface area contributed by atoms with Gasteiger partial charge < -0.3 is 10.0 Å². The van der Waals surface area contributed by atoms with E-state index in [0.717, 1.165) is 15.6 Å². The predicted octanol–water partition coefficient (Wildman–Crippen LogP) is 1.81. The number of hydrogen-bond acceptors (Lipinski definition) is 2. The first-order valence-electron chi connectivity index (χ1n) is 5.27. The van der Waals surface area contributed by atoms with Crippen LogP contribution in [0.15, 0.2) is 22.7 Å². The SMILES string of the molecule is CC(=O)N1Cc2c(Br)cccc2CC1C(=O)O. The molecule has 90 valence electrons. The first-order valence-corrected chi connectivity index (χ1v) is 6.06. The smallest absolute Gasteiger partial charge is 0.326 e. The van der Waals surface area contributed by atoms with Crippen LogP contribution in [0, 0.1) is 0 Å². The Balaban J connectivity index is 2.43. The van der Waals surface area contributed by atoms with E-state index in [1.54, 1.807) is 0 Å². The number of carboxylic acid groups (broad SMARTS) is 1. The highest BCUT2D eigenvalue weighted by Gasteiger charge is 2.33. The quantitative estimate of drug-likeness (QED) is 0.860. The van der Waals surface area contributed by atoms with Crippen molar-refractivity contribution in [2.45, 2.75) is 25.9 Å².